The smallest absolute Gasteiger partial charge is 0.229 e. The monoisotopic (exact) mass is 532 g/mol. The Kier molecular flexibility index (Phi) is 5.74. The molecular weight excluding hydrogens is 507 g/mol. The first-order chi connectivity index (χ1) is 18.2. The van der Waals surface area contributed by atoms with E-state index < -0.39 is 15.8 Å². The van der Waals surface area contributed by atoms with Gasteiger partial charge in [-0.25, -0.2) is 12.8 Å². The maximum absolute atomic E-state index is 15.4. The number of sulfonamides is 1. The van der Waals surface area contributed by atoms with E-state index in [-0.39, 0.29) is 16.8 Å². The van der Waals surface area contributed by atoms with Crippen LogP contribution < -0.4 is 14.4 Å². The van der Waals surface area contributed by atoms with Crippen molar-refractivity contribution in [2.45, 2.75) is 6.04 Å². The third-order valence-corrected chi connectivity index (χ3v) is 7.66. The number of aromatic nitrogens is 2. The molecule has 2 N–H and O–H groups in total. The minimum Gasteiger partial charge on any atom is -0.489 e. The number of nitrogens with one attached hydrogen (secondary N) is 2. The number of benzene rings is 3. The van der Waals surface area contributed by atoms with Gasteiger partial charge in [-0.3, -0.25) is 9.82 Å². The van der Waals surface area contributed by atoms with Crippen LogP contribution in [0.5, 0.6) is 5.75 Å². The number of fused-ring (bicyclic) bond motifs is 4. The Morgan fingerprint density at radius 3 is 2.82 bits per heavy atom. The van der Waals surface area contributed by atoms with E-state index in [0.29, 0.717) is 34.8 Å². The molecule has 1 unspecified atom stereocenters. The fourth-order valence-corrected chi connectivity index (χ4v) is 5.85. The van der Waals surface area contributed by atoms with Crippen LogP contribution in [0.1, 0.15) is 5.56 Å². The first-order valence-electron chi connectivity index (χ1n) is 12.1. The van der Waals surface area contributed by atoms with E-state index in [1.54, 1.807) is 18.2 Å². The van der Waals surface area contributed by atoms with Gasteiger partial charge in [0.05, 0.1) is 40.8 Å². The molecule has 4 aromatic rings. The van der Waals surface area contributed by atoms with Crippen molar-refractivity contribution in [1.29, 1.82) is 5.26 Å². The summed E-state index contributed by atoms with van der Waals surface area (Å²) in [7, 11) is -1.57. The quantitative estimate of drug-likeness (QED) is 0.411. The largest absolute Gasteiger partial charge is 0.489 e. The van der Waals surface area contributed by atoms with Gasteiger partial charge in [0, 0.05) is 41.7 Å². The number of likely N-dealkylation sites (N-methyl/N-ethyl adjacent to an activating group) is 1. The molecule has 1 saturated heterocycles. The minimum atomic E-state index is -3.69. The second kappa shape index (κ2) is 9.01. The summed E-state index contributed by atoms with van der Waals surface area (Å²) in [6.07, 6.45) is 0.954. The lowest BCUT2D eigenvalue weighted by atomic mass is 9.95. The van der Waals surface area contributed by atoms with Crippen molar-refractivity contribution in [2.24, 2.45) is 0 Å². The van der Waals surface area contributed by atoms with Crippen LogP contribution in [0, 0.1) is 17.1 Å². The highest BCUT2D eigenvalue weighted by Gasteiger charge is 2.32. The average Bonchev–Trinajstić information content (AvgIpc) is 3.30. The summed E-state index contributed by atoms with van der Waals surface area (Å²) in [5.41, 5.74) is 3.65. The summed E-state index contributed by atoms with van der Waals surface area (Å²) in [5.74, 6) is 0.0293. The van der Waals surface area contributed by atoms with E-state index in [0.717, 1.165) is 42.9 Å². The number of hydrogen-bond acceptors (Lipinski definition) is 7. The molecule has 0 saturated carbocycles. The fraction of sp³-hybridized carbons (Fsp3) is 0.259. The minimum absolute atomic E-state index is 0.110. The number of anilines is 2. The van der Waals surface area contributed by atoms with Crippen LogP contribution >= 0.6 is 0 Å². The van der Waals surface area contributed by atoms with Gasteiger partial charge in [-0.2, -0.15) is 10.4 Å². The van der Waals surface area contributed by atoms with Crippen molar-refractivity contribution >= 4 is 32.3 Å². The van der Waals surface area contributed by atoms with Crippen LogP contribution in [0.4, 0.5) is 15.8 Å². The van der Waals surface area contributed by atoms with Gasteiger partial charge in [0.1, 0.15) is 18.1 Å². The highest BCUT2D eigenvalue weighted by atomic mass is 32.2. The van der Waals surface area contributed by atoms with Gasteiger partial charge in [0.2, 0.25) is 10.0 Å². The second-order valence-electron chi connectivity index (χ2n) is 9.77. The Balaban J connectivity index is 1.43. The number of piperazine rings is 1. The Morgan fingerprint density at radius 1 is 1.18 bits per heavy atom. The lowest BCUT2D eigenvalue weighted by molar-refractivity contribution is 0.188. The molecule has 194 valence electrons. The number of nitrogens with zero attached hydrogens (tertiary/aromatic N) is 4. The molecular formula is C27H25FN6O3S. The number of nitriles is 1. The van der Waals surface area contributed by atoms with Crippen LogP contribution in [0.15, 0.2) is 48.5 Å². The van der Waals surface area contributed by atoms with Crippen LogP contribution in [0.3, 0.4) is 0 Å². The molecule has 0 bridgehead atoms. The molecule has 11 heteroatoms. The molecule has 1 atom stereocenters. The van der Waals surface area contributed by atoms with E-state index in [1.165, 1.54) is 12.1 Å². The van der Waals surface area contributed by atoms with Gasteiger partial charge in [-0.1, -0.05) is 18.2 Å². The van der Waals surface area contributed by atoms with Crippen LogP contribution in [-0.4, -0.2) is 69.1 Å². The first-order valence-corrected chi connectivity index (χ1v) is 14.0. The van der Waals surface area contributed by atoms with Crippen molar-refractivity contribution in [1.82, 2.24) is 15.1 Å². The van der Waals surface area contributed by atoms with E-state index in [9.17, 15) is 13.7 Å². The number of rotatable bonds is 4. The van der Waals surface area contributed by atoms with Gasteiger partial charge >= 0.3 is 0 Å². The molecule has 3 aromatic carbocycles. The summed E-state index contributed by atoms with van der Waals surface area (Å²) in [6.45, 7) is 3.48. The Hall–Kier alpha value is -4.14. The number of aromatic amines is 1. The highest BCUT2D eigenvalue weighted by molar-refractivity contribution is 7.92. The predicted molar refractivity (Wildman–Crippen MR) is 144 cm³/mol. The summed E-state index contributed by atoms with van der Waals surface area (Å²) in [6, 6.07) is 16.2. The molecule has 0 amide bonds. The summed E-state index contributed by atoms with van der Waals surface area (Å²) < 4.78 is 47.2. The van der Waals surface area contributed by atoms with Crippen molar-refractivity contribution in [3.8, 4) is 34.2 Å². The van der Waals surface area contributed by atoms with E-state index in [1.807, 2.05) is 18.2 Å². The molecule has 1 aromatic heterocycles. The van der Waals surface area contributed by atoms with Gasteiger partial charge in [-0.05, 0) is 37.4 Å². The third-order valence-electron chi connectivity index (χ3n) is 7.07. The van der Waals surface area contributed by atoms with E-state index >= 15 is 4.39 Å². The van der Waals surface area contributed by atoms with Gasteiger partial charge < -0.3 is 14.5 Å². The molecule has 6 rings (SSSR count). The molecule has 0 spiro atoms. The maximum Gasteiger partial charge on any atom is 0.229 e. The normalized spacial score (nSPS) is 17.4. The van der Waals surface area contributed by atoms with Gasteiger partial charge in [0.15, 0.2) is 5.82 Å². The van der Waals surface area contributed by atoms with Crippen molar-refractivity contribution in [2.75, 3.05) is 49.2 Å². The molecule has 1 fully saturated rings. The zero-order valence-corrected chi connectivity index (χ0v) is 21.6. The second-order valence-corrected chi connectivity index (χ2v) is 11.5. The highest BCUT2D eigenvalue weighted by Crippen LogP contribution is 2.40. The fourth-order valence-electron chi connectivity index (χ4n) is 5.29. The molecule has 0 radical (unpaired) electrons. The molecule has 9 nitrogen and oxygen atoms in total. The van der Waals surface area contributed by atoms with E-state index in [4.69, 9.17) is 4.74 Å². The van der Waals surface area contributed by atoms with Crippen LogP contribution in [0.25, 0.3) is 33.3 Å². The average molecular weight is 533 g/mol. The number of halogens is 1. The maximum atomic E-state index is 15.4. The van der Waals surface area contributed by atoms with Gasteiger partial charge in [0.25, 0.3) is 0 Å². The summed E-state index contributed by atoms with van der Waals surface area (Å²) >= 11 is 0. The number of H-pyrrole nitrogens is 1. The summed E-state index contributed by atoms with van der Waals surface area (Å²) in [4.78, 5) is 4.70. The van der Waals surface area contributed by atoms with E-state index in [2.05, 4.69) is 37.8 Å². The Morgan fingerprint density at radius 2 is 2.03 bits per heavy atom. The zero-order valence-electron chi connectivity index (χ0n) is 20.8. The lowest BCUT2D eigenvalue weighted by Crippen LogP contribution is -2.56. The third kappa shape index (κ3) is 4.21. The Bertz CT molecular complexity index is 1730. The lowest BCUT2D eigenvalue weighted by Gasteiger charge is -2.44. The molecule has 38 heavy (non-hydrogen) atoms. The zero-order chi connectivity index (χ0) is 26.6. The first kappa shape index (κ1) is 24.2. The number of hydrogen-bond donors (Lipinski definition) is 2. The van der Waals surface area contributed by atoms with Crippen LogP contribution in [0.2, 0.25) is 0 Å². The number of ether oxygens (including phenoxy) is 1. The molecule has 0 aliphatic carbocycles. The van der Waals surface area contributed by atoms with Crippen molar-refractivity contribution in [3.63, 3.8) is 0 Å². The SMILES string of the molecule is CN1CCN2c3ccc(-c4n[nH]c5cc(C#N)c(-c6cccc(NS(C)(=O)=O)c6F)cc45)cc3OCC2C1. The molecule has 2 aliphatic heterocycles. The molecule has 2 aliphatic rings. The topological polar surface area (TPSA) is 114 Å². The summed E-state index contributed by atoms with van der Waals surface area (Å²) in [5, 5.41) is 18.0. The standard InChI is InChI=1S/C27H25FN6O3S/c1-33-8-9-34-18(14-33)15-37-25-11-16(6-7-24(25)34)27-21-12-20(17(13-29)10-23(21)30-31-27)19-4-3-5-22(26(19)28)32-38(2,35)36/h3-7,10-12,18,32H,8-9,14-15H2,1-2H3,(H,30,31). The van der Waals surface area contributed by atoms with Crippen LogP contribution in [-0.2, 0) is 10.0 Å². The molecule has 3 heterocycles. The van der Waals surface area contributed by atoms with Gasteiger partial charge in [-0.15, -0.1) is 0 Å². The van der Waals surface area contributed by atoms with Crippen molar-refractivity contribution < 1.29 is 17.5 Å². The van der Waals surface area contributed by atoms with Crippen molar-refractivity contribution in [3.05, 3.63) is 59.9 Å². The predicted octanol–water partition coefficient (Wildman–Crippen LogP) is 3.79. The Labute approximate surface area is 219 Å².